The molecule has 0 bridgehead atoms. The Morgan fingerprint density at radius 2 is 1.72 bits per heavy atom. The molecule has 0 spiro atoms. The molecule has 1 heterocycles. The molecule has 1 aromatic heterocycles. The third-order valence-corrected chi connectivity index (χ3v) is 2.87. The third-order valence-electron chi connectivity index (χ3n) is 2.56. The zero-order valence-electron chi connectivity index (χ0n) is 9.09. The van der Waals surface area contributed by atoms with Gasteiger partial charge in [-0.15, -0.1) is 0 Å². The molecule has 0 atom stereocenters. The van der Waals surface area contributed by atoms with Crippen LogP contribution < -0.4 is 0 Å². The standard InChI is InChI=1S/C13H8ClNO3/c14-10-5-7(16)1-3-9(10)13-15-11-4-2-8(17)6-12(11)18-13/h1-6,16-17H. The fraction of sp³-hybridized carbons (Fsp3) is 0. The average Bonchev–Trinajstić information content (AvgIpc) is 2.71. The number of aromatic hydroxyl groups is 2. The van der Waals surface area contributed by atoms with Crippen LogP contribution in [0.1, 0.15) is 0 Å². The number of fused-ring (bicyclic) bond motifs is 1. The number of aromatic nitrogens is 1. The lowest BCUT2D eigenvalue weighted by Gasteiger charge is -1.99. The molecule has 3 aromatic rings. The van der Waals surface area contributed by atoms with E-state index in [0.29, 0.717) is 27.6 Å². The topological polar surface area (TPSA) is 66.5 Å². The molecule has 0 radical (unpaired) electrons. The predicted octanol–water partition coefficient (Wildman–Crippen LogP) is 3.56. The van der Waals surface area contributed by atoms with Gasteiger partial charge in [0.1, 0.15) is 17.0 Å². The van der Waals surface area contributed by atoms with E-state index in [1.54, 1.807) is 12.1 Å². The first-order chi connectivity index (χ1) is 8.63. The minimum atomic E-state index is 0.0810. The van der Waals surface area contributed by atoms with Gasteiger partial charge in [-0.1, -0.05) is 11.6 Å². The molecule has 18 heavy (non-hydrogen) atoms. The fourth-order valence-corrected chi connectivity index (χ4v) is 1.96. The molecule has 0 amide bonds. The lowest BCUT2D eigenvalue weighted by molar-refractivity contribution is 0.474. The van der Waals surface area contributed by atoms with E-state index in [-0.39, 0.29) is 11.5 Å². The number of phenolic OH excluding ortho intramolecular Hbond substituents is 2. The fourth-order valence-electron chi connectivity index (χ4n) is 1.71. The number of hydrogen-bond acceptors (Lipinski definition) is 4. The van der Waals surface area contributed by atoms with E-state index in [4.69, 9.17) is 16.0 Å². The lowest BCUT2D eigenvalue weighted by atomic mass is 10.2. The van der Waals surface area contributed by atoms with Crippen molar-refractivity contribution in [3.05, 3.63) is 41.4 Å². The van der Waals surface area contributed by atoms with Crippen molar-refractivity contribution < 1.29 is 14.6 Å². The van der Waals surface area contributed by atoms with Crippen molar-refractivity contribution in [3.8, 4) is 23.0 Å². The van der Waals surface area contributed by atoms with Gasteiger partial charge in [-0.05, 0) is 30.3 Å². The van der Waals surface area contributed by atoms with Crippen LogP contribution in [0.5, 0.6) is 11.5 Å². The largest absolute Gasteiger partial charge is 0.508 e. The van der Waals surface area contributed by atoms with E-state index < -0.39 is 0 Å². The zero-order chi connectivity index (χ0) is 12.7. The Kier molecular flexibility index (Phi) is 2.38. The molecule has 0 aliphatic heterocycles. The maximum atomic E-state index is 9.35. The van der Waals surface area contributed by atoms with Crippen LogP contribution in [0.4, 0.5) is 0 Å². The number of nitrogens with zero attached hydrogens (tertiary/aromatic N) is 1. The second kappa shape index (κ2) is 3.92. The molecule has 4 nitrogen and oxygen atoms in total. The van der Waals surface area contributed by atoms with Gasteiger partial charge in [0.15, 0.2) is 5.58 Å². The minimum absolute atomic E-state index is 0.0810. The predicted molar refractivity (Wildman–Crippen MR) is 67.8 cm³/mol. The Bertz CT molecular complexity index is 736. The summed E-state index contributed by atoms with van der Waals surface area (Å²) in [6, 6.07) is 9.23. The molecule has 0 aliphatic carbocycles. The third kappa shape index (κ3) is 1.76. The zero-order valence-corrected chi connectivity index (χ0v) is 9.85. The van der Waals surface area contributed by atoms with Crippen LogP contribution in [0, 0.1) is 0 Å². The number of oxazole rings is 1. The van der Waals surface area contributed by atoms with Gasteiger partial charge < -0.3 is 14.6 Å². The maximum absolute atomic E-state index is 9.35. The molecule has 3 rings (SSSR count). The molecule has 2 aromatic carbocycles. The van der Waals surface area contributed by atoms with Crippen LogP contribution >= 0.6 is 11.6 Å². The second-order valence-corrected chi connectivity index (χ2v) is 4.24. The van der Waals surface area contributed by atoms with Crippen LogP contribution in [0.2, 0.25) is 5.02 Å². The molecule has 0 fully saturated rings. The quantitative estimate of drug-likeness (QED) is 0.703. The number of hydrogen-bond donors (Lipinski definition) is 2. The van der Waals surface area contributed by atoms with Gasteiger partial charge in [0.25, 0.3) is 0 Å². The van der Waals surface area contributed by atoms with Crippen molar-refractivity contribution >= 4 is 22.7 Å². The number of benzene rings is 2. The highest BCUT2D eigenvalue weighted by molar-refractivity contribution is 6.33. The van der Waals surface area contributed by atoms with E-state index >= 15 is 0 Å². The van der Waals surface area contributed by atoms with Crippen molar-refractivity contribution in [2.75, 3.05) is 0 Å². The summed E-state index contributed by atoms with van der Waals surface area (Å²) in [5.74, 6) is 0.542. The number of phenols is 2. The van der Waals surface area contributed by atoms with Gasteiger partial charge >= 0.3 is 0 Å². The van der Waals surface area contributed by atoms with Gasteiger partial charge in [-0.3, -0.25) is 0 Å². The highest BCUT2D eigenvalue weighted by Gasteiger charge is 2.12. The van der Waals surface area contributed by atoms with Crippen molar-refractivity contribution in [2.24, 2.45) is 0 Å². The monoisotopic (exact) mass is 261 g/mol. The van der Waals surface area contributed by atoms with Gasteiger partial charge in [0, 0.05) is 6.07 Å². The van der Waals surface area contributed by atoms with Crippen LogP contribution in [-0.4, -0.2) is 15.2 Å². The van der Waals surface area contributed by atoms with Crippen LogP contribution in [0.25, 0.3) is 22.6 Å². The van der Waals surface area contributed by atoms with E-state index in [2.05, 4.69) is 4.98 Å². The minimum Gasteiger partial charge on any atom is -0.508 e. The van der Waals surface area contributed by atoms with Gasteiger partial charge in [0.2, 0.25) is 5.89 Å². The van der Waals surface area contributed by atoms with Crippen LogP contribution in [-0.2, 0) is 0 Å². The summed E-state index contributed by atoms with van der Waals surface area (Å²) in [5.41, 5.74) is 1.70. The highest BCUT2D eigenvalue weighted by atomic mass is 35.5. The maximum Gasteiger partial charge on any atom is 0.228 e. The van der Waals surface area contributed by atoms with Crippen molar-refractivity contribution in [2.45, 2.75) is 0 Å². The van der Waals surface area contributed by atoms with Crippen LogP contribution in [0.3, 0.4) is 0 Å². The molecule has 0 unspecified atom stereocenters. The highest BCUT2D eigenvalue weighted by Crippen LogP contribution is 2.32. The lowest BCUT2D eigenvalue weighted by Crippen LogP contribution is -1.78. The first kappa shape index (κ1) is 10.9. The molecule has 90 valence electrons. The summed E-state index contributed by atoms with van der Waals surface area (Å²) in [6.07, 6.45) is 0. The Morgan fingerprint density at radius 3 is 2.50 bits per heavy atom. The van der Waals surface area contributed by atoms with E-state index in [0.717, 1.165) is 0 Å². The Hall–Kier alpha value is -2.20. The van der Waals surface area contributed by atoms with E-state index in [1.165, 1.54) is 24.3 Å². The molecule has 5 heteroatoms. The smallest absolute Gasteiger partial charge is 0.228 e. The summed E-state index contributed by atoms with van der Waals surface area (Å²) < 4.78 is 5.52. The summed E-state index contributed by atoms with van der Waals surface area (Å²) >= 11 is 6.01. The van der Waals surface area contributed by atoms with E-state index in [1.807, 2.05) is 0 Å². The van der Waals surface area contributed by atoms with Crippen molar-refractivity contribution in [3.63, 3.8) is 0 Å². The molecular formula is C13H8ClNO3. The van der Waals surface area contributed by atoms with Gasteiger partial charge in [-0.2, -0.15) is 0 Å². The van der Waals surface area contributed by atoms with Crippen molar-refractivity contribution in [1.82, 2.24) is 4.98 Å². The molecule has 2 N–H and O–H groups in total. The van der Waals surface area contributed by atoms with Gasteiger partial charge in [0.05, 0.1) is 10.6 Å². The molecule has 0 saturated heterocycles. The molecule has 0 aliphatic rings. The first-order valence-corrected chi connectivity index (χ1v) is 5.60. The average molecular weight is 262 g/mol. The Balaban J connectivity index is 2.19. The second-order valence-electron chi connectivity index (χ2n) is 3.84. The van der Waals surface area contributed by atoms with Crippen LogP contribution in [0.15, 0.2) is 40.8 Å². The Labute approximate surface area is 107 Å². The SMILES string of the molecule is Oc1ccc(-c2nc3ccc(O)cc3o2)c(Cl)c1. The molecular weight excluding hydrogens is 254 g/mol. The number of halogens is 1. The summed E-state index contributed by atoms with van der Waals surface area (Å²) in [4.78, 5) is 4.27. The summed E-state index contributed by atoms with van der Waals surface area (Å²) in [5, 5.41) is 19.0. The van der Waals surface area contributed by atoms with Gasteiger partial charge in [-0.25, -0.2) is 4.98 Å². The Morgan fingerprint density at radius 1 is 1.00 bits per heavy atom. The normalized spacial score (nSPS) is 10.9. The van der Waals surface area contributed by atoms with E-state index in [9.17, 15) is 10.2 Å². The first-order valence-electron chi connectivity index (χ1n) is 5.22. The summed E-state index contributed by atoms with van der Waals surface area (Å²) in [7, 11) is 0. The number of rotatable bonds is 1. The van der Waals surface area contributed by atoms with Crippen molar-refractivity contribution in [1.29, 1.82) is 0 Å². The molecule has 0 saturated carbocycles. The summed E-state index contributed by atoms with van der Waals surface area (Å²) in [6.45, 7) is 0.